The molecule has 0 aromatic carbocycles. The molecule has 1 aliphatic heterocycles. The van der Waals surface area contributed by atoms with E-state index in [2.05, 4.69) is 5.32 Å². The zero-order valence-corrected chi connectivity index (χ0v) is 9.76. The van der Waals surface area contributed by atoms with Crippen molar-refractivity contribution in [2.75, 3.05) is 0 Å². The maximum absolute atomic E-state index is 11.1. The Hall–Kier alpha value is -1.09. The van der Waals surface area contributed by atoms with Gasteiger partial charge in [-0.05, 0) is 0 Å². The maximum Gasteiger partial charge on any atom is 0.262 e. The summed E-state index contributed by atoms with van der Waals surface area (Å²) in [5.74, 6) is -1.32. The van der Waals surface area contributed by atoms with Crippen molar-refractivity contribution < 1.29 is 33.9 Å². The summed E-state index contributed by atoms with van der Waals surface area (Å²) in [6.45, 7) is 0. The average molecular weight is 229 g/mol. The van der Waals surface area contributed by atoms with Gasteiger partial charge in [-0.3, -0.25) is 19.7 Å². The molecule has 0 saturated heterocycles. The summed E-state index contributed by atoms with van der Waals surface area (Å²) in [6, 6.07) is 0. The largest absolute Gasteiger partial charge is 0.294 e. The van der Waals surface area contributed by atoms with Crippen molar-refractivity contribution >= 4 is 17.6 Å². The van der Waals surface area contributed by atoms with Crippen LogP contribution in [0, 0.1) is 0 Å². The van der Waals surface area contributed by atoms with Gasteiger partial charge in [0.05, 0.1) is 11.1 Å². The predicted octanol–water partition coefficient (Wildman–Crippen LogP) is -0.534. The molecule has 0 saturated carbocycles. The molecule has 0 radical (unpaired) electrons. The number of hydrogen-bond donors (Lipinski definition) is 1. The van der Waals surface area contributed by atoms with Crippen LogP contribution in [0.4, 0.5) is 0 Å². The van der Waals surface area contributed by atoms with Gasteiger partial charge in [0.2, 0.25) is 0 Å². The van der Waals surface area contributed by atoms with Crippen molar-refractivity contribution in [3.05, 3.63) is 23.3 Å². The summed E-state index contributed by atoms with van der Waals surface area (Å²) in [4.78, 5) is 33.1. The van der Waals surface area contributed by atoms with Gasteiger partial charge in [0, 0.05) is 25.9 Å². The predicted molar refractivity (Wildman–Crippen MR) is 38.9 cm³/mol. The molecule has 62 valence electrons. The van der Waals surface area contributed by atoms with E-state index in [0.717, 1.165) is 0 Å². The molecule has 0 bridgehead atoms. The van der Waals surface area contributed by atoms with Crippen LogP contribution in [0.1, 0.15) is 6.42 Å². The van der Waals surface area contributed by atoms with Gasteiger partial charge in [-0.1, -0.05) is 12.2 Å². The maximum atomic E-state index is 11.1. The summed E-state index contributed by atoms with van der Waals surface area (Å²) >= 11 is 0. The van der Waals surface area contributed by atoms with Gasteiger partial charge in [0.1, 0.15) is 0 Å². The summed E-state index contributed by atoms with van der Waals surface area (Å²) in [6.07, 6.45) is 3.30. The average Bonchev–Trinajstić information content (AvgIpc) is 2.29. The summed E-state index contributed by atoms with van der Waals surface area (Å²) in [5.41, 5.74) is 0.221. The minimum atomic E-state index is -0.565. The molecule has 1 aliphatic carbocycles. The zero-order chi connectivity index (χ0) is 8.72. The minimum Gasteiger partial charge on any atom is -0.294 e. The summed E-state index contributed by atoms with van der Waals surface area (Å²) in [5, 5.41) is 2.07. The second-order valence-corrected chi connectivity index (χ2v) is 2.60. The number of allylic oxidation sites excluding steroid dienone is 1. The van der Waals surface area contributed by atoms with E-state index in [4.69, 9.17) is 0 Å². The third kappa shape index (κ3) is 1.40. The standard InChI is InChI=1S/C8H5NO3.Zn/c10-5-3-1-2-4-6(5)8(12)9-7(4)11;/h1-2H,3H2,(H,9,11,12);. The number of nitrogens with one attached hydrogen (secondary N) is 1. The van der Waals surface area contributed by atoms with Crippen LogP contribution in [0.5, 0.6) is 0 Å². The molecule has 2 amide bonds. The van der Waals surface area contributed by atoms with Gasteiger partial charge in [0.25, 0.3) is 11.8 Å². The molecule has 0 unspecified atom stereocenters. The number of imide groups is 1. The van der Waals surface area contributed by atoms with Crippen LogP contribution in [0.15, 0.2) is 23.3 Å². The second-order valence-electron chi connectivity index (χ2n) is 2.60. The molecule has 2 rings (SSSR count). The first-order valence-electron chi connectivity index (χ1n) is 3.50. The number of carbonyl (C=O) groups is 3. The topological polar surface area (TPSA) is 63.2 Å². The number of rotatable bonds is 0. The Balaban J connectivity index is 0.000000845. The smallest absolute Gasteiger partial charge is 0.262 e. The summed E-state index contributed by atoms with van der Waals surface area (Å²) < 4.78 is 0. The van der Waals surface area contributed by atoms with Gasteiger partial charge >= 0.3 is 0 Å². The van der Waals surface area contributed by atoms with Crippen molar-refractivity contribution in [2.24, 2.45) is 0 Å². The third-order valence-corrected chi connectivity index (χ3v) is 1.83. The fourth-order valence-corrected chi connectivity index (χ4v) is 1.29. The van der Waals surface area contributed by atoms with E-state index in [1.165, 1.54) is 6.08 Å². The van der Waals surface area contributed by atoms with E-state index in [1.54, 1.807) is 6.08 Å². The van der Waals surface area contributed by atoms with Crippen LogP contribution in [0.25, 0.3) is 0 Å². The van der Waals surface area contributed by atoms with Crippen LogP contribution in [-0.2, 0) is 33.9 Å². The molecule has 0 aromatic rings. The van der Waals surface area contributed by atoms with Gasteiger partial charge in [-0.2, -0.15) is 0 Å². The first kappa shape index (κ1) is 10.00. The molecule has 0 spiro atoms. The normalized spacial score (nSPS) is 19.8. The third-order valence-electron chi connectivity index (χ3n) is 1.83. The first-order valence-corrected chi connectivity index (χ1v) is 3.50. The van der Waals surface area contributed by atoms with Gasteiger partial charge in [-0.15, -0.1) is 0 Å². The molecule has 4 nitrogen and oxygen atoms in total. The van der Waals surface area contributed by atoms with Gasteiger partial charge in [-0.25, -0.2) is 0 Å². The van der Waals surface area contributed by atoms with E-state index in [1.807, 2.05) is 0 Å². The Labute approximate surface area is 86.8 Å². The number of amides is 2. The molecule has 0 atom stereocenters. The van der Waals surface area contributed by atoms with Crippen molar-refractivity contribution in [1.82, 2.24) is 5.32 Å². The molecule has 1 N–H and O–H groups in total. The number of hydrogen-bond acceptors (Lipinski definition) is 3. The number of carbonyl (C=O) groups excluding carboxylic acids is 3. The Kier molecular flexibility index (Phi) is 2.57. The number of Topliss-reactive ketones (excluding diaryl/α,β-unsaturated/α-hetero) is 1. The molecular weight excluding hydrogens is 223 g/mol. The molecule has 2 aliphatic rings. The molecule has 0 fully saturated rings. The Morgan fingerprint density at radius 1 is 1.15 bits per heavy atom. The molecule has 5 heteroatoms. The van der Waals surface area contributed by atoms with Crippen LogP contribution < -0.4 is 5.32 Å². The van der Waals surface area contributed by atoms with E-state index in [0.29, 0.717) is 0 Å². The fourth-order valence-electron chi connectivity index (χ4n) is 1.29. The van der Waals surface area contributed by atoms with E-state index in [-0.39, 0.29) is 42.8 Å². The molecule has 0 aromatic heterocycles. The SMILES string of the molecule is O=C1CC=CC2=C1C(=O)NC2=O.[Zn]. The Morgan fingerprint density at radius 3 is 2.46 bits per heavy atom. The Morgan fingerprint density at radius 2 is 1.85 bits per heavy atom. The molecule has 13 heavy (non-hydrogen) atoms. The van der Waals surface area contributed by atoms with E-state index >= 15 is 0 Å². The fraction of sp³-hybridized carbons (Fsp3) is 0.125. The first-order chi connectivity index (χ1) is 5.70. The quantitative estimate of drug-likeness (QED) is 0.344. The van der Waals surface area contributed by atoms with Crippen LogP contribution in [0.3, 0.4) is 0 Å². The summed E-state index contributed by atoms with van der Waals surface area (Å²) in [7, 11) is 0. The molecule has 1 heterocycles. The van der Waals surface area contributed by atoms with Crippen LogP contribution >= 0.6 is 0 Å². The van der Waals surface area contributed by atoms with Crippen LogP contribution in [-0.4, -0.2) is 17.6 Å². The van der Waals surface area contributed by atoms with Crippen LogP contribution in [0.2, 0.25) is 0 Å². The van der Waals surface area contributed by atoms with E-state index in [9.17, 15) is 14.4 Å². The Bertz CT molecular complexity index is 358. The zero-order valence-electron chi connectivity index (χ0n) is 6.79. The van der Waals surface area contributed by atoms with Crippen molar-refractivity contribution in [2.45, 2.75) is 6.42 Å². The van der Waals surface area contributed by atoms with Gasteiger partial charge in [0.15, 0.2) is 5.78 Å². The second kappa shape index (κ2) is 3.34. The monoisotopic (exact) mass is 227 g/mol. The number of ketones is 1. The van der Waals surface area contributed by atoms with Crippen molar-refractivity contribution in [3.63, 3.8) is 0 Å². The van der Waals surface area contributed by atoms with E-state index < -0.39 is 11.8 Å². The van der Waals surface area contributed by atoms with Gasteiger partial charge < -0.3 is 0 Å². The minimum absolute atomic E-state index is 0. The molecular formula is C8H5NO3Zn. The van der Waals surface area contributed by atoms with Crippen molar-refractivity contribution in [3.8, 4) is 0 Å². The van der Waals surface area contributed by atoms with Crippen molar-refractivity contribution in [1.29, 1.82) is 0 Å².